The fraction of sp³-hybridized carbons (Fsp3) is 0.636. The van der Waals surface area contributed by atoms with Crippen LogP contribution in [0.5, 0.6) is 0 Å². The summed E-state index contributed by atoms with van der Waals surface area (Å²) in [5.41, 5.74) is -0.681. The smallest absolute Gasteiger partial charge is 0.378 e. The van der Waals surface area contributed by atoms with E-state index in [0.717, 1.165) is 13.0 Å². The lowest BCUT2D eigenvalue weighted by Crippen LogP contribution is -2.08. The standard InChI is InChI=1S/C11H15F3O/c1-9(2)15-8-6-4-5-7-10(3)11(12,13)14/h7,9H,6,8H2,1-3H3/b10-7+. The summed E-state index contributed by atoms with van der Waals surface area (Å²) in [7, 11) is 0. The zero-order valence-corrected chi connectivity index (χ0v) is 9.11. The molecule has 0 aliphatic rings. The van der Waals surface area contributed by atoms with E-state index in [0.29, 0.717) is 13.0 Å². The van der Waals surface area contributed by atoms with Crippen molar-refractivity contribution in [1.29, 1.82) is 0 Å². The Morgan fingerprint density at radius 3 is 2.47 bits per heavy atom. The molecule has 0 aromatic carbocycles. The molecule has 0 rings (SSSR count). The van der Waals surface area contributed by atoms with Crippen molar-refractivity contribution in [1.82, 2.24) is 0 Å². The molecule has 0 aliphatic heterocycles. The quantitative estimate of drug-likeness (QED) is 0.523. The molecule has 0 bridgehead atoms. The summed E-state index contributed by atoms with van der Waals surface area (Å²) in [6.45, 7) is 5.23. The minimum Gasteiger partial charge on any atom is -0.378 e. The van der Waals surface area contributed by atoms with Crippen molar-refractivity contribution in [2.45, 2.75) is 39.5 Å². The Hall–Kier alpha value is -0.950. The molecule has 0 unspecified atom stereocenters. The van der Waals surface area contributed by atoms with Crippen molar-refractivity contribution in [3.63, 3.8) is 0 Å². The van der Waals surface area contributed by atoms with Gasteiger partial charge in [0.15, 0.2) is 0 Å². The van der Waals surface area contributed by atoms with Gasteiger partial charge in [-0.1, -0.05) is 11.8 Å². The Labute approximate surface area is 88.3 Å². The first kappa shape index (κ1) is 14.1. The van der Waals surface area contributed by atoms with Crippen LogP contribution < -0.4 is 0 Å². The maximum absolute atomic E-state index is 12.0. The molecule has 0 spiro atoms. The van der Waals surface area contributed by atoms with Crippen LogP contribution in [0.4, 0.5) is 13.2 Å². The van der Waals surface area contributed by atoms with Crippen LogP contribution in [0.25, 0.3) is 0 Å². The van der Waals surface area contributed by atoms with Crippen LogP contribution in [0.2, 0.25) is 0 Å². The topological polar surface area (TPSA) is 9.23 Å². The summed E-state index contributed by atoms with van der Waals surface area (Å²) >= 11 is 0. The van der Waals surface area contributed by atoms with Gasteiger partial charge in [0.2, 0.25) is 0 Å². The van der Waals surface area contributed by atoms with Crippen molar-refractivity contribution >= 4 is 0 Å². The fourth-order valence-electron chi connectivity index (χ4n) is 0.659. The molecular formula is C11H15F3O. The number of alkyl halides is 3. The van der Waals surface area contributed by atoms with Crippen molar-refractivity contribution < 1.29 is 17.9 Å². The molecular weight excluding hydrogens is 205 g/mol. The Morgan fingerprint density at radius 2 is 2.00 bits per heavy atom. The second kappa shape index (κ2) is 6.52. The highest BCUT2D eigenvalue weighted by atomic mass is 19.4. The molecule has 15 heavy (non-hydrogen) atoms. The molecule has 0 aromatic rings. The molecule has 0 heterocycles. The first-order chi connectivity index (χ1) is 6.84. The van der Waals surface area contributed by atoms with Gasteiger partial charge in [-0.3, -0.25) is 0 Å². The number of rotatable bonds is 3. The third-order valence-corrected chi connectivity index (χ3v) is 1.52. The molecule has 0 aliphatic carbocycles. The lowest BCUT2D eigenvalue weighted by molar-refractivity contribution is -0.0912. The average Bonchev–Trinajstić information content (AvgIpc) is 2.08. The first-order valence-corrected chi connectivity index (χ1v) is 4.68. The maximum Gasteiger partial charge on any atom is 0.413 e. The van der Waals surface area contributed by atoms with E-state index in [2.05, 4.69) is 11.8 Å². The summed E-state index contributed by atoms with van der Waals surface area (Å²) in [6, 6.07) is 0. The van der Waals surface area contributed by atoms with Gasteiger partial charge >= 0.3 is 6.18 Å². The van der Waals surface area contributed by atoms with Gasteiger partial charge in [-0.15, -0.1) is 0 Å². The van der Waals surface area contributed by atoms with Gasteiger partial charge < -0.3 is 4.74 Å². The molecule has 86 valence electrons. The molecule has 0 saturated heterocycles. The lowest BCUT2D eigenvalue weighted by Gasteiger charge is -2.03. The molecule has 0 fully saturated rings. The zero-order valence-electron chi connectivity index (χ0n) is 9.11. The van der Waals surface area contributed by atoms with Crippen LogP contribution >= 0.6 is 0 Å². The lowest BCUT2D eigenvalue weighted by atomic mass is 10.3. The third-order valence-electron chi connectivity index (χ3n) is 1.52. The van der Waals surface area contributed by atoms with Crippen LogP contribution in [0.1, 0.15) is 27.2 Å². The van der Waals surface area contributed by atoms with Crippen molar-refractivity contribution in [3.05, 3.63) is 11.6 Å². The molecule has 0 N–H and O–H groups in total. The summed E-state index contributed by atoms with van der Waals surface area (Å²) in [4.78, 5) is 0. The molecule has 1 nitrogen and oxygen atoms in total. The highest BCUT2D eigenvalue weighted by Crippen LogP contribution is 2.24. The minimum absolute atomic E-state index is 0.124. The van der Waals surface area contributed by atoms with E-state index >= 15 is 0 Å². The second-order valence-corrected chi connectivity index (χ2v) is 3.32. The van der Waals surface area contributed by atoms with Crippen LogP contribution in [-0.4, -0.2) is 18.9 Å². The van der Waals surface area contributed by atoms with Gasteiger partial charge in [-0.2, -0.15) is 13.2 Å². The largest absolute Gasteiger partial charge is 0.413 e. The monoisotopic (exact) mass is 220 g/mol. The summed E-state index contributed by atoms with van der Waals surface area (Å²) in [6.07, 6.45) is -2.82. The summed E-state index contributed by atoms with van der Waals surface area (Å²) in [5.74, 6) is 4.95. The molecule has 0 amide bonds. The highest BCUT2D eigenvalue weighted by Gasteiger charge is 2.29. The maximum atomic E-state index is 12.0. The number of hydrogen-bond donors (Lipinski definition) is 0. The van der Waals surface area contributed by atoms with E-state index in [9.17, 15) is 13.2 Å². The minimum atomic E-state index is -4.27. The average molecular weight is 220 g/mol. The van der Waals surface area contributed by atoms with Gasteiger partial charge in [0, 0.05) is 12.0 Å². The van der Waals surface area contributed by atoms with E-state index in [-0.39, 0.29) is 6.10 Å². The van der Waals surface area contributed by atoms with Gasteiger partial charge in [0.25, 0.3) is 0 Å². The number of allylic oxidation sites excluding steroid dienone is 2. The van der Waals surface area contributed by atoms with Gasteiger partial charge in [0.1, 0.15) is 0 Å². The predicted molar refractivity (Wildman–Crippen MR) is 53.3 cm³/mol. The SMILES string of the molecule is C/C(=C\C#CCCOC(C)C)C(F)(F)F. The van der Waals surface area contributed by atoms with Crippen LogP contribution in [0.3, 0.4) is 0 Å². The first-order valence-electron chi connectivity index (χ1n) is 4.68. The summed E-state index contributed by atoms with van der Waals surface area (Å²) in [5, 5.41) is 0. The van der Waals surface area contributed by atoms with Gasteiger partial charge in [-0.25, -0.2) is 0 Å². The van der Waals surface area contributed by atoms with E-state index in [1.165, 1.54) is 0 Å². The number of ether oxygens (including phenoxy) is 1. The predicted octanol–water partition coefficient (Wildman–Crippen LogP) is 3.31. The molecule has 0 radical (unpaired) electrons. The number of hydrogen-bond acceptors (Lipinski definition) is 1. The Bertz CT molecular complexity index is 266. The van der Waals surface area contributed by atoms with Gasteiger partial charge in [0.05, 0.1) is 12.7 Å². The fourth-order valence-corrected chi connectivity index (χ4v) is 0.659. The van der Waals surface area contributed by atoms with Crippen LogP contribution in [0, 0.1) is 11.8 Å². The Morgan fingerprint density at radius 1 is 1.40 bits per heavy atom. The second-order valence-electron chi connectivity index (χ2n) is 3.32. The Balaban J connectivity index is 3.89. The number of halogens is 3. The van der Waals surface area contributed by atoms with E-state index < -0.39 is 11.7 Å². The van der Waals surface area contributed by atoms with E-state index in [1.807, 2.05) is 13.8 Å². The molecule has 0 saturated carbocycles. The van der Waals surface area contributed by atoms with Crippen molar-refractivity contribution in [2.24, 2.45) is 0 Å². The molecule has 4 heteroatoms. The highest BCUT2D eigenvalue weighted by molar-refractivity contribution is 5.22. The summed E-state index contributed by atoms with van der Waals surface area (Å²) < 4.78 is 41.1. The zero-order chi connectivity index (χ0) is 11.9. The third kappa shape index (κ3) is 8.07. The van der Waals surface area contributed by atoms with Gasteiger partial charge in [-0.05, 0) is 26.8 Å². The Kier molecular flexibility index (Phi) is 6.11. The molecule has 0 aromatic heterocycles. The normalized spacial score (nSPS) is 12.6. The van der Waals surface area contributed by atoms with E-state index in [4.69, 9.17) is 4.74 Å². The van der Waals surface area contributed by atoms with Crippen LogP contribution in [0.15, 0.2) is 11.6 Å². The van der Waals surface area contributed by atoms with Crippen LogP contribution in [-0.2, 0) is 4.74 Å². The van der Waals surface area contributed by atoms with E-state index in [1.54, 1.807) is 0 Å². The molecule has 0 atom stereocenters. The van der Waals surface area contributed by atoms with Crippen molar-refractivity contribution in [2.75, 3.05) is 6.61 Å². The van der Waals surface area contributed by atoms with Crippen molar-refractivity contribution in [3.8, 4) is 11.8 Å².